The van der Waals surface area contributed by atoms with Crippen molar-refractivity contribution in [3.8, 4) is 0 Å². The third-order valence-corrected chi connectivity index (χ3v) is 5.33. The molecule has 0 amide bonds. The van der Waals surface area contributed by atoms with Crippen LogP contribution in [0.15, 0.2) is 41.3 Å². The van der Waals surface area contributed by atoms with Gasteiger partial charge in [0.15, 0.2) is 11.7 Å². The van der Waals surface area contributed by atoms with Gasteiger partial charge in [-0.2, -0.15) is 0 Å². The standard InChI is InChI=1S/C20H26N4O4/c1-19(2)27-16-14(11-26-10-12-7-5-4-6-8-12)23-15(20(16,3)28-19)13-9-22-18(21)24-17(13)25/h4-9,14-16,23H,10-11H2,1-3H3,(H3,21,22,24,25). The maximum absolute atomic E-state index is 12.5. The van der Waals surface area contributed by atoms with Gasteiger partial charge < -0.3 is 19.9 Å². The minimum atomic E-state index is -0.758. The molecule has 4 atom stereocenters. The smallest absolute Gasteiger partial charge is 0.257 e. The fourth-order valence-electron chi connectivity index (χ4n) is 4.24. The van der Waals surface area contributed by atoms with Crippen molar-refractivity contribution in [3.05, 3.63) is 58.0 Å². The maximum atomic E-state index is 12.5. The molecule has 0 saturated carbocycles. The Balaban J connectivity index is 1.56. The summed E-state index contributed by atoms with van der Waals surface area (Å²) in [5.41, 5.74) is 6.13. The van der Waals surface area contributed by atoms with Crippen LogP contribution in [0.2, 0.25) is 0 Å². The third-order valence-electron chi connectivity index (χ3n) is 5.33. The van der Waals surface area contributed by atoms with Crippen LogP contribution in [0.1, 0.15) is 37.9 Å². The lowest BCUT2D eigenvalue weighted by Gasteiger charge is -2.30. The number of ether oxygens (including phenoxy) is 3. The molecule has 2 aliphatic heterocycles. The van der Waals surface area contributed by atoms with Gasteiger partial charge in [0.2, 0.25) is 0 Å². The zero-order valence-electron chi connectivity index (χ0n) is 16.3. The van der Waals surface area contributed by atoms with E-state index in [-0.39, 0.29) is 23.7 Å². The molecule has 0 bridgehead atoms. The molecule has 3 heterocycles. The molecule has 0 aliphatic carbocycles. The Morgan fingerprint density at radius 1 is 1.25 bits per heavy atom. The number of fused-ring (bicyclic) bond motifs is 1. The van der Waals surface area contributed by atoms with Gasteiger partial charge in [0.25, 0.3) is 5.56 Å². The van der Waals surface area contributed by atoms with Crippen LogP contribution in [0.25, 0.3) is 0 Å². The quantitative estimate of drug-likeness (QED) is 0.714. The molecule has 4 rings (SSSR count). The summed E-state index contributed by atoms with van der Waals surface area (Å²) >= 11 is 0. The first kappa shape index (κ1) is 19.1. The van der Waals surface area contributed by atoms with Gasteiger partial charge in [-0.15, -0.1) is 0 Å². The highest BCUT2D eigenvalue weighted by atomic mass is 16.8. The van der Waals surface area contributed by atoms with Crippen molar-refractivity contribution in [1.29, 1.82) is 0 Å². The van der Waals surface area contributed by atoms with E-state index in [2.05, 4.69) is 15.3 Å². The van der Waals surface area contributed by atoms with E-state index in [4.69, 9.17) is 19.9 Å². The molecule has 4 N–H and O–H groups in total. The van der Waals surface area contributed by atoms with Crippen LogP contribution in [0.4, 0.5) is 5.95 Å². The zero-order chi connectivity index (χ0) is 19.9. The van der Waals surface area contributed by atoms with Crippen LogP contribution in [0, 0.1) is 0 Å². The van der Waals surface area contributed by atoms with Crippen molar-refractivity contribution in [2.75, 3.05) is 12.3 Å². The summed E-state index contributed by atoms with van der Waals surface area (Å²) in [5.74, 6) is -0.675. The maximum Gasteiger partial charge on any atom is 0.257 e. The lowest BCUT2D eigenvalue weighted by Crippen LogP contribution is -2.42. The minimum Gasteiger partial charge on any atom is -0.375 e. The fourth-order valence-corrected chi connectivity index (χ4v) is 4.24. The monoisotopic (exact) mass is 386 g/mol. The minimum absolute atomic E-state index is 0.0834. The van der Waals surface area contributed by atoms with E-state index in [1.807, 2.05) is 51.1 Å². The van der Waals surface area contributed by atoms with Gasteiger partial charge in [0, 0.05) is 6.20 Å². The van der Waals surface area contributed by atoms with E-state index in [0.29, 0.717) is 18.8 Å². The molecule has 1 aromatic carbocycles. The van der Waals surface area contributed by atoms with Gasteiger partial charge in [-0.05, 0) is 26.3 Å². The summed E-state index contributed by atoms with van der Waals surface area (Å²) in [6.07, 6.45) is 1.22. The molecule has 28 heavy (non-hydrogen) atoms. The highest BCUT2D eigenvalue weighted by Crippen LogP contribution is 2.49. The number of anilines is 1. The zero-order valence-corrected chi connectivity index (χ0v) is 16.3. The van der Waals surface area contributed by atoms with Gasteiger partial charge in [0.05, 0.1) is 30.9 Å². The van der Waals surface area contributed by atoms with E-state index in [0.717, 1.165) is 5.56 Å². The van der Waals surface area contributed by atoms with Gasteiger partial charge in [-0.25, -0.2) is 4.98 Å². The summed E-state index contributed by atoms with van der Waals surface area (Å²) < 4.78 is 18.4. The van der Waals surface area contributed by atoms with Crippen LogP contribution in [-0.2, 0) is 20.8 Å². The van der Waals surface area contributed by atoms with Gasteiger partial charge in [0.1, 0.15) is 11.7 Å². The number of nitrogens with zero attached hydrogens (tertiary/aromatic N) is 1. The summed E-state index contributed by atoms with van der Waals surface area (Å²) in [6.45, 7) is 6.63. The Labute approximate surface area is 163 Å². The van der Waals surface area contributed by atoms with Crippen LogP contribution >= 0.6 is 0 Å². The molecular formula is C20H26N4O4. The second-order valence-corrected chi connectivity index (χ2v) is 7.98. The van der Waals surface area contributed by atoms with E-state index in [9.17, 15) is 4.79 Å². The molecule has 0 spiro atoms. The van der Waals surface area contributed by atoms with Crippen molar-refractivity contribution in [2.24, 2.45) is 0 Å². The van der Waals surface area contributed by atoms with E-state index in [1.54, 1.807) is 0 Å². The third kappa shape index (κ3) is 3.44. The normalized spacial score (nSPS) is 31.0. The van der Waals surface area contributed by atoms with E-state index in [1.165, 1.54) is 6.20 Å². The van der Waals surface area contributed by atoms with Crippen molar-refractivity contribution in [3.63, 3.8) is 0 Å². The number of hydrogen-bond acceptors (Lipinski definition) is 7. The summed E-state index contributed by atoms with van der Waals surface area (Å²) in [6, 6.07) is 9.44. The van der Waals surface area contributed by atoms with Gasteiger partial charge in [-0.3, -0.25) is 15.1 Å². The SMILES string of the molecule is CC1(C)OC2C(COCc3ccccc3)NC(c3cnc(N)[nH]c3=O)C2(C)O1. The lowest BCUT2D eigenvalue weighted by molar-refractivity contribution is -0.173. The lowest BCUT2D eigenvalue weighted by atomic mass is 9.89. The fraction of sp³-hybridized carbons (Fsp3) is 0.500. The number of nitrogens with two attached hydrogens (primary N) is 1. The first-order valence-electron chi connectivity index (χ1n) is 9.39. The molecule has 0 radical (unpaired) electrons. The summed E-state index contributed by atoms with van der Waals surface area (Å²) in [5, 5.41) is 3.46. The number of aromatic nitrogens is 2. The van der Waals surface area contributed by atoms with Crippen molar-refractivity contribution < 1.29 is 14.2 Å². The first-order chi connectivity index (χ1) is 13.3. The van der Waals surface area contributed by atoms with Crippen LogP contribution in [-0.4, -0.2) is 40.1 Å². The van der Waals surface area contributed by atoms with E-state index >= 15 is 0 Å². The molecule has 2 fully saturated rings. The highest BCUT2D eigenvalue weighted by molar-refractivity contribution is 5.27. The Hall–Kier alpha value is -2.26. The van der Waals surface area contributed by atoms with Crippen molar-refractivity contribution >= 4 is 5.95 Å². The first-order valence-corrected chi connectivity index (χ1v) is 9.39. The number of benzene rings is 1. The van der Waals surface area contributed by atoms with Crippen LogP contribution in [0.3, 0.4) is 0 Å². The molecule has 2 saturated heterocycles. The second-order valence-electron chi connectivity index (χ2n) is 7.98. The molecule has 1 aromatic heterocycles. The Morgan fingerprint density at radius 2 is 2.00 bits per heavy atom. The molecule has 8 heteroatoms. The molecule has 4 unspecified atom stereocenters. The van der Waals surface area contributed by atoms with E-state index < -0.39 is 17.4 Å². The average molecular weight is 386 g/mol. The number of aromatic amines is 1. The number of hydrogen-bond donors (Lipinski definition) is 3. The van der Waals surface area contributed by atoms with Crippen LogP contribution < -0.4 is 16.6 Å². The number of rotatable bonds is 5. The number of nitrogen functional groups attached to an aromatic ring is 1. The number of H-pyrrole nitrogens is 1. The summed E-state index contributed by atoms with van der Waals surface area (Å²) in [7, 11) is 0. The highest BCUT2D eigenvalue weighted by Gasteiger charge is 2.62. The molecule has 150 valence electrons. The number of nitrogens with one attached hydrogen (secondary N) is 2. The Kier molecular flexibility index (Phi) is 4.75. The average Bonchev–Trinajstić information content (AvgIpc) is 3.02. The summed E-state index contributed by atoms with van der Waals surface area (Å²) in [4.78, 5) is 19.1. The predicted octanol–water partition coefficient (Wildman–Crippen LogP) is 1.49. The Bertz CT molecular complexity index is 901. The molecule has 2 aliphatic rings. The largest absolute Gasteiger partial charge is 0.375 e. The van der Waals surface area contributed by atoms with Crippen LogP contribution in [0.5, 0.6) is 0 Å². The van der Waals surface area contributed by atoms with Crippen molar-refractivity contribution in [1.82, 2.24) is 15.3 Å². The Morgan fingerprint density at radius 3 is 2.71 bits per heavy atom. The molecule has 8 nitrogen and oxygen atoms in total. The van der Waals surface area contributed by atoms with Crippen molar-refractivity contribution in [2.45, 2.75) is 57.0 Å². The van der Waals surface area contributed by atoms with Gasteiger partial charge in [-0.1, -0.05) is 30.3 Å². The molecular weight excluding hydrogens is 360 g/mol. The molecule has 2 aromatic rings. The van der Waals surface area contributed by atoms with Gasteiger partial charge >= 0.3 is 0 Å². The predicted molar refractivity (Wildman–Crippen MR) is 103 cm³/mol. The second kappa shape index (κ2) is 6.97. The topological polar surface area (TPSA) is 111 Å².